The number of carbonyl (C=O) groups is 1. The molecule has 1 aliphatic carbocycles. The van der Waals surface area contributed by atoms with Gasteiger partial charge in [0.1, 0.15) is 5.69 Å². The van der Waals surface area contributed by atoms with E-state index in [-0.39, 0.29) is 35.1 Å². The summed E-state index contributed by atoms with van der Waals surface area (Å²) in [6.07, 6.45) is 2.33. The molecule has 2 fully saturated rings. The number of anilines is 1. The molecule has 1 heterocycles. The molecule has 26 heavy (non-hydrogen) atoms. The Balaban J connectivity index is 1.74. The molecule has 0 amide bonds. The number of hydrogen-bond donors (Lipinski definition) is 1. The van der Waals surface area contributed by atoms with Gasteiger partial charge in [-0.3, -0.25) is 30.4 Å². The number of fused-ring (bicyclic) bond motifs is 1. The van der Waals surface area contributed by atoms with Crippen LogP contribution in [0.4, 0.5) is 17.1 Å². The molecule has 0 bridgehead atoms. The van der Waals surface area contributed by atoms with Crippen molar-refractivity contribution >= 4 is 29.2 Å². The number of carbonyl (C=O) groups excluding carboxylic acids is 1. The fraction of sp³-hybridized carbons (Fsp3) is 0.467. The van der Waals surface area contributed by atoms with E-state index in [0.29, 0.717) is 6.42 Å². The number of nitro benzene ring substituents is 2. The van der Waals surface area contributed by atoms with Crippen molar-refractivity contribution in [2.75, 3.05) is 12.5 Å². The van der Waals surface area contributed by atoms with Crippen LogP contribution in [0.1, 0.15) is 12.8 Å². The van der Waals surface area contributed by atoms with Crippen molar-refractivity contribution < 1.29 is 24.1 Å². The highest BCUT2D eigenvalue weighted by Gasteiger charge is 2.52. The second-order valence-corrected chi connectivity index (χ2v) is 6.07. The fourth-order valence-corrected chi connectivity index (χ4v) is 3.46. The summed E-state index contributed by atoms with van der Waals surface area (Å²) >= 11 is 0. The Hall–Kier alpha value is -3.08. The molecule has 0 radical (unpaired) electrons. The van der Waals surface area contributed by atoms with Crippen LogP contribution in [0.25, 0.3) is 0 Å². The smallest absolute Gasteiger partial charge is 0.311 e. The molecule has 1 aromatic rings. The number of nitrogens with zero attached hydrogens (tertiary/aromatic N) is 3. The van der Waals surface area contributed by atoms with Gasteiger partial charge in [0.25, 0.3) is 5.69 Å². The third-order valence-corrected chi connectivity index (χ3v) is 4.69. The third-order valence-electron chi connectivity index (χ3n) is 4.69. The number of cyclic esters (lactones) is 1. The van der Waals surface area contributed by atoms with Crippen molar-refractivity contribution in [3.8, 4) is 0 Å². The predicted octanol–water partition coefficient (Wildman–Crippen LogP) is 2.07. The van der Waals surface area contributed by atoms with E-state index in [4.69, 9.17) is 9.47 Å². The number of hydrogen-bond acceptors (Lipinski definition) is 9. The molecule has 11 heteroatoms. The van der Waals surface area contributed by atoms with Gasteiger partial charge in [-0.15, -0.1) is 0 Å². The molecule has 2 aliphatic rings. The Morgan fingerprint density at radius 3 is 2.73 bits per heavy atom. The van der Waals surface area contributed by atoms with E-state index >= 15 is 0 Å². The van der Waals surface area contributed by atoms with E-state index < -0.39 is 21.8 Å². The molecule has 0 spiro atoms. The first-order chi connectivity index (χ1) is 12.4. The van der Waals surface area contributed by atoms with Gasteiger partial charge in [-0.25, -0.2) is 0 Å². The Morgan fingerprint density at radius 1 is 1.31 bits per heavy atom. The number of esters is 1. The van der Waals surface area contributed by atoms with Crippen LogP contribution in [-0.2, 0) is 14.3 Å². The van der Waals surface area contributed by atoms with Crippen molar-refractivity contribution in [3.63, 3.8) is 0 Å². The predicted molar refractivity (Wildman–Crippen MR) is 88.5 cm³/mol. The van der Waals surface area contributed by atoms with E-state index in [0.717, 1.165) is 18.6 Å². The van der Waals surface area contributed by atoms with Crippen molar-refractivity contribution in [1.82, 2.24) is 0 Å². The maximum Gasteiger partial charge on any atom is 0.311 e. The maximum absolute atomic E-state index is 11.8. The van der Waals surface area contributed by atoms with Crippen LogP contribution in [0.2, 0.25) is 0 Å². The van der Waals surface area contributed by atoms with Crippen LogP contribution in [0.3, 0.4) is 0 Å². The summed E-state index contributed by atoms with van der Waals surface area (Å²) in [5.41, 5.74) is 1.76. The number of rotatable bonds is 6. The first-order valence-electron chi connectivity index (χ1n) is 7.87. The van der Waals surface area contributed by atoms with Gasteiger partial charge in [0.15, 0.2) is 0 Å². The quantitative estimate of drug-likeness (QED) is 0.349. The average molecular weight is 364 g/mol. The minimum absolute atomic E-state index is 0.0356. The van der Waals surface area contributed by atoms with Crippen molar-refractivity contribution in [3.05, 3.63) is 38.4 Å². The lowest BCUT2D eigenvalue weighted by Gasteiger charge is -2.18. The highest BCUT2D eigenvalue weighted by atomic mass is 16.7. The Morgan fingerprint density at radius 2 is 2.08 bits per heavy atom. The third kappa shape index (κ3) is 3.20. The standard InChI is InChI=1S/C15H16N4O7/c1-25-15-13-8(2-4-10(13)14(20)26-15)7-16-17-11-5-3-9(18(21)22)6-12(11)19(23)24/h3,5-8,10,13,15,17H,2,4H2,1H3/b16-7+/t8-,10-,13+,15?/m0/s1. The Bertz CT molecular complexity index is 781. The molecule has 3 rings (SSSR count). The van der Waals surface area contributed by atoms with Gasteiger partial charge in [0.05, 0.1) is 21.8 Å². The zero-order chi connectivity index (χ0) is 18.8. The van der Waals surface area contributed by atoms with Crippen LogP contribution in [-0.4, -0.2) is 35.4 Å². The number of nitro groups is 2. The van der Waals surface area contributed by atoms with E-state index in [1.807, 2.05) is 0 Å². The van der Waals surface area contributed by atoms with Crippen molar-refractivity contribution in [2.24, 2.45) is 22.9 Å². The first-order valence-corrected chi connectivity index (χ1v) is 7.87. The highest BCUT2D eigenvalue weighted by Crippen LogP contribution is 2.45. The molecule has 1 N–H and O–H groups in total. The van der Waals surface area contributed by atoms with E-state index in [2.05, 4.69) is 10.5 Å². The summed E-state index contributed by atoms with van der Waals surface area (Å²) in [4.78, 5) is 32.2. The summed E-state index contributed by atoms with van der Waals surface area (Å²) in [7, 11) is 1.46. The van der Waals surface area contributed by atoms with Gasteiger partial charge in [-0.2, -0.15) is 5.10 Å². The number of ether oxygens (including phenoxy) is 2. The lowest BCUT2D eigenvalue weighted by Crippen LogP contribution is -2.25. The fourth-order valence-electron chi connectivity index (χ4n) is 3.46. The molecule has 1 unspecified atom stereocenters. The highest BCUT2D eigenvalue weighted by molar-refractivity contribution is 5.78. The number of non-ortho nitro benzene ring substituents is 1. The van der Waals surface area contributed by atoms with Crippen LogP contribution in [0.15, 0.2) is 23.3 Å². The monoisotopic (exact) mass is 364 g/mol. The average Bonchev–Trinajstić information content (AvgIpc) is 3.16. The summed E-state index contributed by atoms with van der Waals surface area (Å²) in [6.45, 7) is 0. The van der Waals surface area contributed by atoms with Crippen molar-refractivity contribution in [2.45, 2.75) is 19.1 Å². The molecule has 11 nitrogen and oxygen atoms in total. The molecule has 0 aromatic heterocycles. The normalized spacial score (nSPS) is 27.3. The second-order valence-electron chi connectivity index (χ2n) is 6.07. The van der Waals surface area contributed by atoms with E-state index in [1.165, 1.54) is 13.2 Å². The van der Waals surface area contributed by atoms with E-state index in [1.54, 1.807) is 6.21 Å². The molecule has 4 atom stereocenters. The molecule has 1 saturated heterocycles. The lowest BCUT2D eigenvalue weighted by molar-refractivity contribution is -0.393. The second kappa shape index (κ2) is 7.04. The largest absolute Gasteiger partial charge is 0.435 e. The molecular weight excluding hydrogens is 348 g/mol. The van der Waals surface area contributed by atoms with Crippen LogP contribution in [0.5, 0.6) is 0 Å². The zero-order valence-corrected chi connectivity index (χ0v) is 13.7. The van der Waals surface area contributed by atoms with Gasteiger partial charge < -0.3 is 9.47 Å². The SMILES string of the molecule is COC1OC(=O)[C@H]2CC[C@@H](/C=N/Nc3ccc([N+](=O)[O-])cc3[N+](=O)[O-])[C@@H]12. The minimum Gasteiger partial charge on any atom is -0.435 e. The van der Waals surface area contributed by atoms with Gasteiger partial charge in [0.2, 0.25) is 6.29 Å². The summed E-state index contributed by atoms with van der Waals surface area (Å²) in [5.74, 6) is -0.743. The van der Waals surface area contributed by atoms with Crippen molar-refractivity contribution in [1.29, 1.82) is 0 Å². The minimum atomic E-state index is -0.721. The molecule has 1 aliphatic heterocycles. The lowest BCUT2D eigenvalue weighted by atomic mass is 9.91. The molecule has 1 aromatic carbocycles. The van der Waals surface area contributed by atoms with Gasteiger partial charge in [-0.05, 0) is 18.9 Å². The first kappa shape index (κ1) is 17.7. The number of benzene rings is 1. The number of hydrazone groups is 1. The van der Waals surface area contributed by atoms with Crippen LogP contribution >= 0.6 is 0 Å². The van der Waals surface area contributed by atoms with Gasteiger partial charge in [0, 0.05) is 31.2 Å². The molecular formula is C15H16N4O7. The topological polar surface area (TPSA) is 146 Å². The number of methoxy groups -OCH3 is 1. The van der Waals surface area contributed by atoms with Gasteiger partial charge in [-0.1, -0.05) is 0 Å². The van der Waals surface area contributed by atoms with Crippen LogP contribution in [0, 0.1) is 38.0 Å². The van der Waals surface area contributed by atoms with Gasteiger partial charge >= 0.3 is 11.7 Å². The Labute approximate surface area is 147 Å². The molecule has 138 valence electrons. The van der Waals surface area contributed by atoms with Crippen LogP contribution < -0.4 is 5.43 Å². The zero-order valence-electron chi connectivity index (χ0n) is 13.7. The molecule has 1 saturated carbocycles. The maximum atomic E-state index is 11.8. The summed E-state index contributed by atoms with van der Waals surface area (Å²) in [5, 5.41) is 25.9. The number of nitrogens with one attached hydrogen (secondary N) is 1. The summed E-state index contributed by atoms with van der Waals surface area (Å²) in [6, 6.07) is 3.25. The Kier molecular flexibility index (Phi) is 4.80. The summed E-state index contributed by atoms with van der Waals surface area (Å²) < 4.78 is 10.4. The van der Waals surface area contributed by atoms with E-state index in [9.17, 15) is 25.0 Å².